The van der Waals surface area contributed by atoms with Gasteiger partial charge in [0.1, 0.15) is 5.82 Å². The summed E-state index contributed by atoms with van der Waals surface area (Å²) < 4.78 is 7.00. The normalized spacial score (nSPS) is 22.8. The van der Waals surface area contributed by atoms with Crippen LogP contribution in [-0.2, 0) is 19.7 Å². The number of para-hydroxylation sites is 1. The van der Waals surface area contributed by atoms with Crippen molar-refractivity contribution in [2.75, 3.05) is 11.9 Å². The van der Waals surface area contributed by atoms with Crippen molar-refractivity contribution in [1.29, 1.82) is 0 Å². The smallest absolute Gasteiger partial charge is 0.306 e. The highest BCUT2D eigenvalue weighted by atomic mass is 16.5. The second-order valence-electron chi connectivity index (χ2n) is 9.76. The highest BCUT2D eigenvalue weighted by Crippen LogP contribution is 2.49. The Morgan fingerprint density at radius 1 is 1.17 bits per heavy atom. The van der Waals surface area contributed by atoms with Crippen LogP contribution in [0.25, 0.3) is 5.69 Å². The molecule has 6 nitrogen and oxygen atoms in total. The summed E-state index contributed by atoms with van der Waals surface area (Å²) >= 11 is 0. The van der Waals surface area contributed by atoms with Crippen LogP contribution in [0.4, 0.5) is 5.82 Å². The number of nitrogens with one attached hydrogen (secondary N) is 1. The van der Waals surface area contributed by atoms with Gasteiger partial charge in [-0.3, -0.25) is 9.59 Å². The van der Waals surface area contributed by atoms with E-state index in [-0.39, 0.29) is 23.9 Å². The van der Waals surface area contributed by atoms with Gasteiger partial charge in [0.2, 0.25) is 0 Å². The molecule has 4 rings (SSSR count). The molecule has 0 radical (unpaired) electrons. The summed E-state index contributed by atoms with van der Waals surface area (Å²) in [7, 11) is 0. The third-order valence-corrected chi connectivity index (χ3v) is 6.42. The summed E-state index contributed by atoms with van der Waals surface area (Å²) in [5, 5.41) is 7.55. The summed E-state index contributed by atoms with van der Waals surface area (Å²) in [5.74, 6) is 1.86. The molecule has 0 spiro atoms. The number of carbonyl (C=O) groups excluding carboxylic acids is 2. The Morgan fingerprint density at radius 2 is 1.93 bits per heavy atom. The molecule has 2 saturated carbocycles. The van der Waals surface area contributed by atoms with Crippen LogP contribution in [0.15, 0.2) is 36.4 Å². The highest BCUT2D eigenvalue weighted by molar-refractivity contribution is 5.92. The average molecular weight is 410 g/mol. The van der Waals surface area contributed by atoms with E-state index in [1.807, 2.05) is 36.4 Å². The Morgan fingerprint density at radius 3 is 2.57 bits per heavy atom. The lowest BCUT2D eigenvalue weighted by atomic mass is 9.86. The lowest BCUT2D eigenvalue weighted by Gasteiger charge is -2.20. The maximum atomic E-state index is 12.5. The number of esters is 1. The average Bonchev–Trinajstić information content (AvgIpc) is 3.42. The van der Waals surface area contributed by atoms with Crippen molar-refractivity contribution in [3.05, 3.63) is 42.1 Å². The van der Waals surface area contributed by atoms with Gasteiger partial charge in [0.25, 0.3) is 5.91 Å². The van der Waals surface area contributed by atoms with Crippen LogP contribution in [0.5, 0.6) is 0 Å². The third-order valence-electron chi connectivity index (χ3n) is 6.42. The fourth-order valence-corrected chi connectivity index (χ4v) is 4.83. The summed E-state index contributed by atoms with van der Waals surface area (Å²) in [6.45, 7) is 5.96. The van der Waals surface area contributed by atoms with Crippen LogP contribution in [0, 0.1) is 17.8 Å². The quantitative estimate of drug-likeness (QED) is 0.714. The summed E-state index contributed by atoms with van der Waals surface area (Å²) in [6, 6.07) is 11.5. The summed E-state index contributed by atoms with van der Waals surface area (Å²) in [5.41, 5.74) is 1.57. The minimum absolute atomic E-state index is 0.160. The number of anilines is 1. The number of nitrogens with zero attached hydrogens (tertiary/aromatic N) is 2. The molecular weight excluding hydrogens is 378 g/mol. The van der Waals surface area contributed by atoms with Crippen LogP contribution in [0.3, 0.4) is 0 Å². The lowest BCUT2D eigenvalue weighted by Crippen LogP contribution is -2.24. The molecule has 1 aromatic heterocycles. The van der Waals surface area contributed by atoms with Crippen molar-refractivity contribution in [2.24, 2.45) is 17.8 Å². The Bertz CT molecular complexity index is 914. The van der Waals surface area contributed by atoms with Gasteiger partial charge in [0.05, 0.1) is 11.4 Å². The molecule has 1 heterocycles. The molecule has 1 aromatic carbocycles. The van der Waals surface area contributed by atoms with E-state index in [1.54, 1.807) is 4.68 Å². The first-order valence-corrected chi connectivity index (χ1v) is 10.9. The van der Waals surface area contributed by atoms with Gasteiger partial charge in [-0.05, 0) is 49.1 Å². The Balaban J connectivity index is 1.37. The molecule has 2 aromatic rings. The van der Waals surface area contributed by atoms with Gasteiger partial charge in [-0.15, -0.1) is 0 Å². The first-order chi connectivity index (χ1) is 14.3. The van der Waals surface area contributed by atoms with Gasteiger partial charge >= 0.3 is 5.97 Å². The largest absolute Gasteiger partial charge is 0.456 e. The summed E-state index contributed by atoms with van der Waals surface area (Å²) in [6.07, 6.45) is 5.38. The molecule has 3 atom stereocenters. The van der Waals surface area contributed by atoms with Gasteiger partial charge in [0.15, 0.2) is 6.61 Å². The number of hydrogen-bond donors (Lipinski definition) is 1. The third kappa shape index (κ3) is 4.58. The van der Waals surface area contributed by atoms with E-state index in [4.69, 9.17) is 4.74 Å². The topological polar surface area (TPSA) is 73.2 Å². The SMILES string of the molecule is CC(C)(C)c1cc(NC(=O)COC(=O)C[C@H]2C[C@H]3CC[C@H]2C3)n(-c2ccccc2)n1. The van der Waals surface area contributed by atoms with E-state index in [9.17, 15) is 9.59 Å². The van der Waals surface area contributed by atoms with Crippen molar-refractivity contribution < 1.29 is 14.3 Å². The number of carbonyl (C=O) groups is 2. The molecule has 2 aliphatic rings. The molecular formula is C24H31N3O3. The molecule has 2 aliphatic carbocycles. The van der Waals surface area contributed by atoms with Crippen molar-refractivity contribution in [3.63, 3.8) is 0 Å². The maximum Gasteiger partial charge on any atom is 0.306 e. The van der Waals surface area contributed by atoms with E-state index < -0.39 is 0 Å². The monoisotopic (exact) mass is 409 g/mol. The first-order valence-electron chi connectivity index (χ1n) is 10.9. The van der Waals surface area contributed by atoms with Gasteiger partial charge in [0, 0.05) is 17.9 Å². The molecule has 1 amide bonds. The number of hydrogen-bond acceptors (Lipinski definition) is 4. The van der Waals surface area contributed by atoms with Crippen LogP contribution in [0.2, 0.25) is 0 Å². The number of ether oxygens (including phenoxy) is 1. The molecule has 0 aliphatic heterocycles. The number of rotatable bonds is 6. The number of aromatic nitrogens is 2. The molecule has 0 unspecified atom stereocenters. The number of benzene rings is 1. The highest BCUT2D eigenvalue weighted by Gasteiger charge is 2.40. The van der Waals surface area contributed by atoms with Crippen LogP contribution >= 0.6 is 0 Å². The minimum atomic E-state index is -0.353. The van der Waals surface area contributed by atoms with E-state index in [0.717, 1.165) is 23.7 Å². The van der Waals surface area contributed by atoms with Crippen molar-refractivity contribution in [3.8, 4) is 5.69 Å². The predicted octanol–water partition coefficient (Wildman–Crippen LogP) is 4.48. The van der Waals surface area contributed by atoms with Crippen LogP contribution in [0.1, 0.15) is 58.6 Å². The van der Waals surface area contributed by atoms with E-state index in [1.165, 1.54) is 19.3 Å². The van der Waals surface area contributed by atoms with Gasteiger partial charge in [-0.25, -0.2) is 4.68 Å². The number of fused-ring (bicyclic) bond motifs is 2. The fraction of sp³-hybridized carbons (Fsp3) is 0.542. The van der Waals surface area contributed by atoms with E-state index in [2.05, 4.69) is 31.2 Å². The summed E-state index contributed by atoms with van der Waals surface area (Å²) in [4.78, 5) is 24.7. The molecule has 30 heavy (non-hydrogen) atoms. The van der Waals surface area contributed by atoms with Gasteiger partial charge < -0.3 is 10.1 Å². The molecule has 6 heteroatoms. The number of amides is 1. The molecule has 2 fully saturated rings. The second kappa shape index (κ2) is 8.25. The van der Waals surface area contributed by atoms with Crippen LogP contribution in [-0.4, -0.2) is 28.3 Å². The molecule has 0 saturated heterocycles. The maximum absolute atomic E-state index is 12.5. The second-order valence-corrected chi connectivity index (χ2v) is 9.76. The minimum Gasteiger partial charge on any atom is -0.456 e. The van der Waals surface area contributed by atoms with Gasteiger partial charge in [-0.1, -0.05) is 45.4 Å². The zero-order chi connectivity index (χ0) is 21.3. The first kappa shape index (κ1) is 20.6. The van der Waals surface area contributed by atoms with Crippen LogP contribution < -0.4 is 5.32 Å². The Kier molecular flexibility index (Phi) is 5.67. The Labute approximate surface area is 178 Å². The zero-order valence-electron chi connectivity index (χ0n) is 18.1. The molecule has 1 N–H and O–H groups in total. The van der Waals surface area contributed by atoms with E-state index >= 15 is 0 Å². The fourth-order valence-electron chi connectivity index (χ4n) is 4.83. The standard InChI is InChI=1S/C24H31N3O3/c1-24(2,3)20-14-21(27(26-20)19-7-5-4-6-8-19)25-22(28)15-30-23(29)13-18-12-16-9-10-17(18)11-16/h4-8,14,16-18H,9-13,15H2,1-3H3,(H,25,28)/t16-,17-,18+/m0/s1. The Hall–Kier alpha value is -2.63. The van der Waals surface area contributed by atoms with Crippen molar-refractivity contribution in [1.82, 2.24) is 9.78 Å². The lowest BCUT2D eigenvalue weighted by molar-refractivity contribution is -0.148. The van der Waals surface area contributed by atoms with E-state index in [0.29, 0.717) is 24.1 Å². The predicted molar refractivity (Wildman–Crippen MR) is 115 cm³/mol. The molecule has 160 valence electrons. The molecule has 2 bridgehead atoms. The zero-order valence-corrected chi connectivity index (χ0v) is 18.1. The van der Waals surface area contributed by atoms with Gasteiger partial charge in [-0.2, -0.15) is 5.10 Å². The van der Waals surface area contributed by atoms with Crippen molar-refractivity contribution in [2.45, 2.75) is 58.3 Å². The van der Waals surface area contributed by atoms with Crippen molar-refractivity contribution >= 4 is 17.7 Å².